The summed E-state index contributed by atoms with van der Waals surface area (Å²) < 4.78 is 4.86. The van der Waals surface area contributed by atoms with Crippen molar-refractivity contribution in [3.8, 4) is 0 Å². The average Bonchev–Trinajstić information content (AvgIpc) is 2.94. The highest BCUT2D eigenvalue weighted by Gasteiger charge is 2.38. The molecule has 6 heteroatoms. The summed E-state index contributed by atoms with van der Waals surface area (Å²) in [6.07, 6.45) is 3.94. The number of hydrogen-bond donors (Lipinski definition) is 2. The van der Waals surface area contributed by atoms with Gasteiger partial charge in [0, 0.05) is 33.2 Å². The number of methoxy groups -OCH3 is 1. The van der Waals surface area contributed by atoms with Crippen LogP contribution in [0.2, 0.25) is 0 Å². The van der Waals surface area contributed by atoms with Gasteiger partial charge in [0.15, 0.2) is 0 Å². The van der Waals surface area contributed by atoms with Crippen LogP contribution < -0.4 is 5.32 Å². The molecule has 3 unspecified atom stereocenters. The molecule has 2 rings (SSSR count). The first-order valence-electron chi connectivity index (χ1n) is 6.89. The van der Waals surface area contributed by atoms with E-state index in [9.17, 15) is 9.59 Å². The molecular weight excluding hydrogens is 248 g/mol. The molecule has 1 aliphatic carbocycles. The van der Waals surface area contributed by atoms with Gasteiger partial charge >= 0.3 is 12.0 Å². The van der Waals surface area contributed by atoms with Crippen LogP contribution in [0.3, 0.4) is 0 Å². The molecule has 0 aromatic heterocycles. The normalized spacial score (nSPS) is 27.1. The number of aliphatic carboxylic acids is 1. The largest absolute Gasteiger partial charge is 0.480 e. The molecule has 0 aromatic rings. The first-order valence-corrected chi connectivity index (χ1v) is 6.89. The molecule has 1 saturated heterocycles. The van der Waals surface area contributed by atoms with Crippen molar-refractivity contribution < 1.29 is 19.4 Å². The van der Waals surface area contributed by atoms with Gasteiger partial charge in [-0.3, -0.25) is 0 Å². The van der Waals surface area contributed by atoms with Crippen LogP contribution in [-0.2, 0) is 9.53 Å². The number of carbonyl (C=O) groups is 2. The lowest BCUT2D eigenvalue weighted by Crippen LogP contribution is -2.47. The van der Waals surface area contributed by atoms with Crippen molar-refractivity contribution in [2.75, 3.05) is 26.8 Å². The molecule has 0 bridgehead atoms. The molecule has 2 aliphatic rings. The predicted molar refractivity (Wildman–Crippen MR) is 68.9 cm³/mol. The second-order valence-electron chi connectivity index (χ2n) is 5.48. The number of amides is 2. The van der Waals surface area contributed by atoms with Crippen molar-refractivity contribution in [3.05, 3.63) is 0 Å². The van der Waals surface area contributed by atoms with Gasteiger partial charge in [0.2, 0.25) is 0 Å². The van der Waals surface area contributed by atoms with E-state index in [1.54, 1.807) is 4.90 Å². The Morgan fingerprint density at radius 1 is 1.37 bits per heavy atom. The number of carboxylic acid groups (broad SMARTS) is 1. The van der Waals surface area contributed by atoms with Gasteiger partial charge in [0.25, 0.3) is 0 Å². The van der Waals surface area contributed by atoms with Crippen LogP contribution in [0.15, 0.2) is 0 Å². The number of nitrogens with one attached hydrogen (secondary N) is 1. The number of hydrogen-bond acceptors (Lipinski definition) is 3. The van der Waals surface area contributed by atoms with Crippen LogP contribution in [0.4, 0.5) is 4.79 Å². The first kappa shape index (κ1) is 14.1. The van der Waals surface area contributed by atoms with Gasteiger partial charge in [0.05, 0.1) is 0 Å². The number of fused-ring (bicyclic) bond motifs is 1. The molecule has 0 spiro atoms. The van der Waals surface area contributed by atoms with Gasteiger partial charge in [0.1, 0.15) is 6.04 Å². The summed E-state index contributed by atoms with van der Waals surface area (Å²) in [5.74, 6) is 0.228. The molecular formula is C13H22N2O4. The third kappa shape index (κ3) is 3.37. The SMILES string of the molecule is COCCC(NC(=O)N1CC2CCCC2C1)C(=O)O. The minimum absolute atomic E-state index is 0.252. The third-order valence-electron chi connectivity index (χ3n) is 4.22. The van der Waals surface area contributed by atoms with Gasteiger partial charge in [-0.25, -0.2) is 9.59 Å². The van der Waals surface area contributed by atoms with Crippen molar-refractivity contribution in [1.29, 1.82) is 0 Å². The highest BCUT2D eigenvalue weighted by Crippen LogP contribution is 2.37. The highest BCUT2D eigenvalue weighted by atomic mass is 16.5. The van der Waals surface area contributed by atoms with Crippen molar-refractivity contribution >= 4 is 12.0 Å². The summed E-state index contributed by atoms with van der Waals surface area (Å²) in [7, 11) is 1.52. The molecule has 2 N–H and O–H groups in total. The van der Waals surface area contributed by atoms with Gasteiger partial charge in [-0.15, -0.1) is 0 Å². The molecule has 1 saturated carbocycles. The summed E-state index contributed by atoms with van der Waals surface area (Å²) in [6.45, 7) is 1.86. The molecule has 108 valence electrons. The van der Waals surface area contributed by atoms with E-state index in [1.807, 2.05) is 0 Å². The molecule has 2 fully saturated rings. The van der Waals surface area contributed by atoms with Crippen LogP contribution in [0.25, 0.3) is 0 Å². The van der Waals surface area contributed by atoms with E-state index in [-0.39, 0.29) is 12.5 Å². The quantitative estimate of drug-likeness (QED) is 0.778. The van der Waals surface area contributed by atoms with Crippen LogP contribution >= 0.6 is 0 Å². The Kier molecular flexibility index (Phi) is 4.63. The zero-order chi connectivity index (χ0) is 13.8. The maximum Gasteiger partial charge on any atom is 0.326 e. The van der Waals surface area contributed by atoms with E-state index in [0.717, 1.165) is 13.1 Å². The van der Waals surface area contributed by atoms with E-state index < -0.39 is 12.0 Å². The molecule has 6 nitrogen and oxygen atoms in total. The van der Waals surface area contributed by atoms with Gasteiger partial charge in [-0.05, 0) is 24.7 Å². The lowest BCUT2D eigenvalue weighted by molar-refractivity contribution is -0.139. The summed E-state index contributed by atoms with van der Waals surface area (Å²) in [5.41, 5.74) is 0. The fourth-order valence-electron chi connectivity index (χ4n) is 3.13. The minimum atomic E-state index is -1.01. The second-order valence-corrected chi connectivity index (χ2v) is 5.48. The zero-order valence-corrected chi connectivity index (χ0v) is 11.3. The third-order valence-corrected chi connectivity index (χ3v) is 4.22. The molecule has 19 heavy (non-hydrogen) atoms. The van der Waals surface area contributed by atoms with Crippen molar-refractivity contribution in [3.63, 3.8) is 0 Å². The Hall–Kier alpha value is -1.30. The fraction of sp³-hybridized carbons (Fsp3) is 0.846. The molecule has 1 heterocycles. The summed E-state index contributed by atoms with van der Waals surface area (Å²) in [5, 5.41) is 11.7. The number of carbonyl (C=O) groups excluding carboxylic acids is 1. The van der Waals surface area contributed by atoms with E-state index in [2.05, 4.69) is 5.32 Å². The Labute approximate surface area is 113 Å². The molecule has 0 aromatic carbocycles. The smallest absolute Gasteiger partial charge is 0.326 e. The molecule has 0 radical (unpaired) electrons. The number of rotatable bonds is 5. The van der Waals surface area contributed by atoms with Gasteiger partial charge in [-0.2, -0.15) is 0 Å². The monoisotopic (exact) mass is 270 g/mol. The van der Waals surface area contributed by atoms with Crippen molar-refractivity contribution in [1.82, 2.24) is 10.2 Å². The summed E-state index contributed by atoms with van der Waals surface area (Å²) in [4.78, 5) is 24.9. The van der Waals surface area contributed by atoms with Crippen molar-refractivity contribution in [2.45, 2.75) is 31.7 Å². The predicted octanol–water partition coefficient (Wildman–Crippen LogP) is 0.918. The number of ether oxygens (including phenoxy) is 1. The zero-order valence-electron chi connectivity index (χ0n) is 11.3. The van der Waals surface area contributed by atoms with Crippen molar-refractivity contribution in [2.24, 2.45) is 11.8 Å². The Morgan fingerprint density at radius 3 is 2.53 bits per heavy atom. The Bertz CT molecular complexity index is 336. The summed E-state index contributed by atoms with van der Waals surface area (Å²) in [6, 6.07) is -1.12. The first-order chi connectivity index (χ1) is 9.11. The Morgan fingerprint density at radius 2 is 2.00 bits per heavy atom. The number of carboxylic acids is 1. The average molecular weight is 270 g/mol. The molecule has 3 atom stereocenters. The standard InChI is InChI=1S/C13H22N2O4/c1-19-6-5-11(12(16)17)14-13(18)15-7-9-3-2-4-10(9)8-15/h9-11H,2-8H2,1H3,(H,14,18)(H,16,17). The topological polar surface area (TPSA) is 78.9 Å². The number of nitrogens with zero attached hydrogens (tertiary/aromatic N) is 1. The lowest BCUT2D eigenvalue weighted by Gasteiger charge is -2.21. The van der Waals surface area contributed by atoms with E-state index in [1.165, 1.54) is 26.4 Å². The highest BCUT2D eigenvalue weighted by molar-refractivity contribution is 5.82. The maximum atomic E-state index is 12.1. The number of urea groups is 1. The van der Waals surface area contributed by atoms with E-state index >= 15 is 0 Å². The van der Waals surface area contributed by atoms with Crippen LogP contribution in [0.5, 0.6) is 0 Å². The summed E-state index contributed by atoms with van der Waals surface area (Å²) >= 11 is 0. The minimum Gasteiger partial charge on any atom is -0.480 e. The van der Waals surface area contributed by atoms with E-state index in [4.69, 9.17) is 9.84 Å². The molecule has 2 amide bonds. The Balaban J connectivity index is 1.84. The maximum absolute atomic E-state index is 12.1. The van der Waals surface area contributed by atoms with Crippen LogP contribution in [0, 0.1) is 11.8 Å². The molecule has 1 aliphatic heterocycles. The van der Waals surface area contributed by atoms with Gasteiger partial charge in [-0.1, -0.05) is 6.42 Å². The number of likely N-dealkylation sites (tertiary alicyclic amines) is 1. The van der Waals surface area contributed by atoms with Crippen LogP contribution in [-0.4, -0.2) is 54.9 Å². The fourth-order valence-corrected chi connectivity index (χ4v) is 3.13. The second kappa shape index (κ2) is 6.23. The van der Waals surface area contributed by atoms with Gasteiger partial charge < -0.3 is 20.1 Å². The lowest BCUT2D eigenvalue weighted by atomic mass is 10.0. The van der Waals surface area contributed by atoms with Crippen LogP contribution in [0.1, 0.15) is 25.7 Å². The van der Waals surface area contributed by atoms with E-state index in [0.29, 0.717) is 18.4 Å².